The van der Waals surface area contributed by atoms with E-state index in [2.05, 4.69) is 29.4 Å². The van der Waals surface area contributed by atoms with E-state index in [1.807, 2.05) is 22.7 Å². The molecule has 2 aromatic rings. The van der Waals surface area contributed by atoms with Crippen molar-refractivity contribution in [3.8, 4) is 0 Å². The van der Waals surface area contributed by atoms with Crippen molar-refractivity contribution in [1.82, 2.24) is 14.7 Å². The summed E-state index contributed by atoms with van der Waals surface area (Å²) in [5.74, 6) is 1.26. The van der Waals surface area contributed by atoms with E-state index in [1.54, 1.807) is 6.20 Å². The second kappa shape index (κ2) is 6.06. The number of hydrogen-bond acceptors (Lipinski definition) is 3. The summed E-state index contributed by atoms with van der Waals surface area (Å²) in [6.45, 7) is 2.07. The monoisotopic (exact) mass is 324 g/mol. The molecule has 2 atom stereocenters. The van der Waals surface area contributed by atoms with Gasteiger partial charge >= 0.3 is 0 Å². The molecular formula is C19H24N4O. The number of rotatable bonds is 4. The smallest absolute Gasteiger partial charge is 0.257 e. The molecule has 1 aliphatic carbocycles. The fourth-order valence-corrected chi connectivity index (χ4v) is 3.98. The molecule has 2 heterocycles. The lowest BCUT2D eigenvalue weighted by molar-refractivity contribution is 0.0785. The summed E-state index contributed by atoms with van der Waals surface area (Å²) >= 11 is 0. The highest BCUT2D eigenvalue weighted by atomic mass is 16.2. The summed E-state index contributed by atoms with van der Waals surface area (Å²) in [5, 5.41) is 4.33. The molecule has 4 rings (SSSR count). The van der Waals surface area contributed by atoms with Gasteiger partial charge in [-0.05, 0) is 30.9 Å². The van der Waals surface area contributed by atoms with Crippen LogP contribution in [0.5, 0.6) is 0 Å². The minimum Gasteiger partial charge on any atom is -0.338 e. The molecule has 0 spiro atoms. The Balaban J connectivity index is 1.58. The van der Waals surface area contributed by atoms with Crippen molar-refractivity contribution in [2.24, 2.45) is 18.7 Å². The quantitative estimate of drug-likeness (QED) is 0.937. The summed E-state index contributed by atoms with van der Waals surface area (Å²) < 4.78 is 1.87. The van der Waals surface area contributed by atoms with E-state index in [9.17, 15) is 4.79 Å². The zero-order valence-electron chi connectivity index (χ0n) is 14.1. The van der Waals surface area contributed by atoms with E-state index < -0.39 is 0 Å². The molecule has 2 N–H and O–H groups in total. The maximum absolute atomic E-state index is 13.1. The zero-order valence-corrected chi connectivity index (χ0v) is 14.1. The number of aromatic nitrogens is 2. The third-order valence-electron chi connectivity index (χ3n) is 5.44. The number of nitrogens with zero attached hydrogens (tertiary/aromatic N) is 3. The summed E-state index contributed by atoms with van der Waals surface area (Å²) in [6, 6.07) is 10.4. The van der Waals surface area contributed by atoms with Gasteiger partial charge in [0.15, 0.2) is 0 Å². The van der Waals surface area contributed by atoms with Crippen LogP contribution < -0.4 is 5.73 Å². The second-order valence-corrected chi connectivity index (χ2v) is 7.06. The molecule has 1 amide bonds. The number of nitrogens with two attached hydrogens (primary N) is 1. The van der Waals surface area contributed by atoms with Crippen molar-refractivity contribution in [1.29, 1.82) is 0 Å². The summed E-state index contributed by atoms with van der Waals surface area (Å²) in [4.78, 5) is 15.1. The fourth-order valence-electron chi connectivity index (χ4n) is 3.98. The van der Waals surface area contributed by atoms with Gasteiger partial charge in [-0.15, -0.1) is 0 Å². The molecule has 1 saturated carbocycles. The largest absolute Gasteiger partial charge is 0.338 e. The molecule has 5 nitrogen and oxygen atoms in total. The van der Waals surface area contributed by atoms with Crippen LogP contribution in [-0.2, 0) is 7.05 Å². The minimum atomic E-state index is 0.113. The van der Waals surface area contributed by atoms with Gasteiger partial charge in [-0.2, -0.15) is 5.10 Å². The van der Waals surface area contributed by atoms with Crippen LogP contribution in [-0.4, -0.2) is 40.2 Å². The van der Waals surface area contributed by atoms with Crippen LogP contribution in [0.1, 0.15) is 46.3 Å². The van der Waals surface area contributed by atoms with Crippen molar-refractivity contribution in [3.63, 3.8) is 0 Å². The van der Waals surface area contributed by atoms with E-state index in [0.29, 0.717) is 24.3 Å². The first kappa shape index (κ1) is 15.4. The molecule has 1 aromatic heterocycles. The molecule has 2 fully saturated rings. The highest BCUT2D eigenvalue weighted by molar-refractivity contribution is 5.95. The summed E-state index contributed by atoms with van der Waals surface area (Å²) in [7, 11) is 1.93. The predicted octanol–water partition coefficient (Wildman–Crippen LogP) is 2.11. The lowest BCUT2D eigenvalue weighted by atomic mass is 9.89. The normalized spacial score (nSPS) is 23.7. The Kier molecular flexibility index (Phi) is 3.88. The lowest BCUT2D eigenvalue weighted by Crippen LogP contribution is -2.30. The van der Waals surface area contributed by atoms with Gasteiger partial charge in [-0.1, -0.05) is 30.3 Å². The predicted molar refractivity (Wildman–Crippen MR) is 92.8 cm³/mol. The second-order valence-electron chi connectivity index (χ2n) is 7.06. The Morgan fingerprint density at radius 1 is 1.25 bits per heavy atom. The minimum absolute atomic E-state index is 0.113. The maximum atomic E-state index is 13.1. The average Bonchev–Trinajstić information content (AvgIpc) is 3.23. The van der Waals surface area contributed by atoms with E-state index >= 15 is 0 Å². The molecule has 0 radical (unpaired) electrons. The van der Waals surface area contributed by atoms with Crippen LogP contribution in [0, 0.1) is 5.92 Å². The van der Waals surface area contributed by atoms with Crippen LogP contribution in [0.25, 0.3) is 0 Å². The first-order valence-corrected chi connectivity index (χ1v) is 8.75. The van der Waals surface area contributed by atoms with E-state index in [0.717, 1.165) is 37.2 Å². The van der Waals surface area contributed by atoms with Gasteiger partial charge in [0.05, 0.1) is 17.5 Å². The highest BCUT2D eigenvalue weighted by Gasteiger charge is 2.38. The fraction of sp³-hybridized carbons (Fsp3) is 0.474. The molecule has 24 heavy (non-hydrogen) atoms. The van der Waals surface area contributed by atoms with Crippen molar-refractivity contribution in [2.75, 3.05) is 19.6 Å². The van der Waals surface area contributed by atoms with Gasteiger partial charge in [0.1, 0.15) is 0 Å². The van der Waals surface area contributed by atoms with Crippen molar-refractivity contribution in [3.05, 3.63) is 53.3 Å². The molecule has 0 bridgehead atoms. The average molecular weight is 324 g/mol. The third kappa shape index (κ3) is 2.63. The topological polar surface area (TPSA) is 64.2 Å². The van der Waals surface area contributed by atoms with E-state index in [-0.39, 0.29) is 5.91 Å². The third-order valence-corrected chi connectivity index (χ3v) is 5.44. The van der Waals surface area contributed by atoms with Gasteiger partial charge < -0.3 is 10.6 Å². The van der Waals surface area contributed by atoms with Gasteiger partial charge in [-0.25, -0.2) is 0 Å². The number of amides is 1. The molecule has 0 unspecified atom stereocenters. The number of aryl methyl sites for hydroxylation is 1. The molecule has 5 heteroatoms. The Bertz CT molecular complexity index is 735. The van der Waals surface area contributed by atoms with Crippen LogP contribution in [0.2, 0.25) is 0 Å². The number of carbonyl (C=O) groups excluding carboxylic acids is 1. The maximum Gasteiger partial charge on any atom is 0.257 e. The molecule has 2 aliphatic rings. The molecule has 1 aliphatic heterocycles. The Morgan fingerprint density at radius 2 is 2.00 bits per heavy atom. The van der Waals surface area contributed by atoms with Gasteiger partial charge in [0.25, 0.3) is 5.91 Å². The molecule has 126 valence electrons. The Hall–Kier alpha value is -2.14. The summed E-state index contributed by atoms with van der Waals surface area (Å²) in [5.41, 5.74) is 9.16. The number of benzene rings is 1. The molecule has 1 saturated heterocycles. The van der Waals surface area contributed by atoms with Gasteiger partial charge in [-0.3, -0.25) is 9.48 Å². The summed E-state index contributed by atoms with van der Waals surface area (Å²) in [6.07, 6.45) is 4.07. The van der Waals surface area contributed by atoms with Crippen LogP contribution in [0.3, 0.4) is 0 Å². The molecular weight excluding hydrogens is 300 g/mol. The number of carbonyl (C=O) groups is 1. The van der Waals surface area contributed by atoms with Crippen LogP contribution in [0.4, 0.5) is 0 Å². The van der Waals surface area contributed by atoms with Crippen molar-refractivity contribution < 1.29 is 4.79 Å². The van der Waals surface area contributed by atoms with Crippen molar-refractivity contribution >= 4 is 5.91 Å². The van der Waals surface area contributed by atoms with Gasteiger partial charge in [0, 0.05) is 32.0 Å². The number of hydrogen-bond donors (Lipinski definition) is 1. The van der Waals surface area contributed by atoms with Crippen LogP contribution in [0.15, 0.2) is 36.5 Å². The Morgan fingerprint density at radius 3 is 2.67 bits per heavy atom. The van der Waals surface area contributed by atoms with Crippen LogP contribution >= 0.6 is 0 Å². The first-order chi connectivity index (χ1) is 11.7. The van der Waals surface area contributed by atoms with E-state index in [4.69, 9.17) is 5.73 Å². The highest BCUT2D eigenvalue weighted by Crippen LogP contribution is 2.42. The first-order valence-electron chi connectivity index (χ1n) is 8.75. The molecule has 1 aromatic carbocycles. The Labute approximate surface area is 142 Å². The lowest BCUT2D eigenvalue weighted by Gasteiger charge is -2.17. The SMILES string of the molecule is Cn1ncc(C(=O)N2C[C@@H](CN)[C@H](c3ccccc3)C2)c1C1CC1. The zero-order chi connectivity index (χ0) is 16.7. The van der Waals surface area contributed by atoms with E-state index in [1.165, 1.54) is 5.56 Å². The number of likely N-dealkylation sites (tertiary alicyclic amines) is 1. The standard InChI is InChI=1S/C19H24N4O/c1-22-18(14-7-8-14)16(10-21-22)19(24)23-11-15(9-20)17(12-23)13-5-3-2-4-6-13/h2-6,10,14-15,17H,7-9,11-12,20H2,1H3/t15-,17+/m1/s1. The van der Waals surface area contributed by atoms with Crippen molar-refractivity contribution in [2.45, 2.75) is 24.7 Å². The van der Waals surface area contributed by atoms with Gasteiger partial charge in [0.2, 0.25) is 0 Å².